The minimum atomic E-state index is -0.890. The van der Waals surface area contributed by atoms with Gasteiger partial charge in [0.1, 0.15) is 5.76 Å². The molecule has 0 bridgehead atoms. The van der Waals surface area contributed by atoms with Gasteiger partial charge in [0.05, 0.1) is 20.3 Å². The molecule has 0 radical (unpaired) electrons. The molecular formula is C24H42F2O3. The van der Waals surface area contributed by atoms with Crippen molar-refractivity contribution >= 4 is 0 Å². The van der Waals surface area contributed by atoms with Crippen molar-refractivity contribution in [1.82, 2.24) is 0 Å². The van der Waals surface area contributed by atoms with Gasteiger partial charge in [-0.25, -0.2) is 8.78 Å². The van der Waals surface area contributed by atoms with Crippen molar-refractivity contribution in [2.24, 2.45) is 17.8 Å². The zero-order chi connectivity index (χ0) is 21.8. The van der Waals surface area contributed by atoms with E-state index in [4.69, 9.17) is 14.2 Å². The van der Waals surface area contributed by atoms with Crippen molar-refractivity contribution in [3.8, 4) is 0 Å². The minimum absolute atomic E-state index is 0.0215. The Hall–Kier alpha value is -0.940. The first-order valence-electron chi connectivity index (χ1n) is 11.4. The van der Waals surface area contributed by atoms with Crippen molar-refractivity contribution in [3.63, 3.8) is 0 Å². The third-order valence-electron chi connectivity index (χ3n) is 6.02. The van der Waals surface area contributed by atoms with Crippen LogP contribution in [0, 0.1) is 17.8 Å². The second-order valence-electron chi connectivity index (χ2n) is 8.53. The molecule has 0 N–H and O–H groups in total. The van der Waals surface area contributed by atoms with Crippen molar-refractivity contribution in [2.75, 3.05) is 20.3 Å². The average Bonchev–Trinajstić information content (AvgIpc) is 2.74. The lowest BCUT2D eigenvalue weighted by atomic mass is 9.90. The first kappa shape index (κ1) is 26.1. The van der Waals surface area contributed by atoms with Crippen LogP contribution in [0.1, 0.15) is 86.0 Å². The van der Waals surface area contributed by atoms with Crippen LogP contribution in [0.25, 0.3) is 0 Å². The molecule has 0 aliphatic carbocycles. The van der Waals surface area contributed by atoms with Gasteiger partial charge in [0.2, 0.25) is 0 Å². The van der Waals surface area contributed by atoms with E-state index in [1.807, 2.05) is 13.8 Å². The van der Waals surface area contributed by atoms with E-state index in [0.717, 1.165) is 25.9 Å². The topological polar surface area (TPSA) is 27.7 Å². The van der Waals surface area contributed by atoms with E-state index in [1.54, 1.807) is 0 Å². The zero-order valence-electron chi connectivity index (χ0n) is 19.4. The molecule has 4 atom stereocenters. The van der Waals surface area contributed by atoms with Crippen molar-refractivity contribution in [3.05, 3.63) is 23.0 Å². The SMILES string of the molecule is CCCCC1CCC(OCC(C)CCC(C)/C(CC)=C(F)/C(F)=C(\C)OC)OC1. The minimum Gasteiger partial charge on any atom is -0.498 e. The number of hydrogen-bond acceptors (Lipinski definition) is 3. The summed E-state index contributed by atoms with van der Waals surface area (Å²) in [6, 6.07) is 0. The standard InChI is InChI=1S/C24H42F2O3/c1-7-9-10-20-13-14-22(29-16-20)28-15-17(3)11-12-18(4)21(8-2)24(26)23(25)19(5)27-6/h17-18,20,22H,7-16H2,1-6H3/b23-19-,24-21-. The highest BCUT2D eigenvalue weighted by Gasteiger charge is 2.23. The maximum Gasteiger partial charge on any atom is 0.195 e. The molecule has 29 heavy (non-hydrogen) atoms. The molecule has 5 heteroatoms. The van der Waals surface area contributed by atoms with E-state index in [9.17, 15) is 8.78 Å². The number of halogens is 2. The van der Waals surface area contributed by atoms with Gasteiger partial charge in [-0.05, 0) is 68.8 Å². The van der Waals surface area contributed by atoms with Gasteiger partial charge in [-0.15, -0.1) is 0 Å². The van der Waals surface area contributed by atoms with Crippen LogP contribution < -0.4 is 0 Å². The fourth-order valence-electron chi connectivity index (χ4n) is 3.80. The number of unbranched alkanes of at least 4 members (excludes halogenated alkanes) is 1. The van der Waals surface area contributed by atoms with Crippen LogP contribution in [0.5, 0.6) is 0 Å². The molecule has 1 saturated heterocycles. The lowest BCUT2D eigenvalue weighted by molar-refractivity contribution is -0.181. The monoisotopic (exact) mass is 416 g/mol. The van der Waals surface area contributed by atoms with Crippen LogP contribution in [-0.2, 0) is 14.2 Å². The van der Waals surface area contributed by atoms with Gasteiger partial charge in [-0.1, -0.05) is 40.5 Å². The molecule has 1 heterocycles. The lowest BCUT2D eigenvalue weighted by Gasteiger charge is -2.29. The molecule has 170 valence electrons. The van der Waals surface area contributed by atoms with Gasteiger partial charge in [0, 0.05) is 0 Å². The van der Waals surface area contributed by atoms with Crippen LogP contribution in [0.3, 0.4) is 0 Å². The Balaban J connectivity index is 2.41. The summed E-state index contributed by atoms with van der Waals surface area (Å²) < 4.78 is 45.2. The third kappa shape index (κ3) is 9.17. The van der Waals surface area contributed by atoms with E-state index in [0.29, 0.717) is 30.4 Å². The summed E-state index contributed by atoms with van der Waals surface area (Å²) in [6.07, 6.45) is 8.00. The predicted octanol–water partition coefficient (Wildman–Crippen LogP) is 7.48. The second kappa shape index (κ2) is 14.1. The van der Waals surface area contributed by atoms with E-state index in [2.05, 4.69) is 13.8 Å². The summed E-state index contributed by atoms with van der Waals surface area (Å²) in [7, 11) is 1.35. The highest BCUT2D eigenvalue weighted by molar-refractivity contribution is 5.28. The molecule has 4 unspecified atom stereocenters. The second-order valence-corrected chi connectivity index (χ2v) is 8.53. The highest BCUT2D eigenvalue weighted by atomic mass is 19.2. The number of allylic oxidation sites excluding steroid dienone is 4. The summed E-state index contributed by atoms with van der Waals surface area (Å²) in [5.41, 5.74) is 0.515. The van der Waals surface area contributed by atoms with Crippen molar-refractivity contribution in [1.29, 1.82) is 0 Å². The Morgan fingerprint density at radius 2 is 1.83 bits per heavy atom. The van der Waals surface area contributed by atoms with Crippen LogP contribution >= 0.6 is 0 Å². The number of methoxy groups -OCH3 is 1. The summed E-state index contributed by atoms with van der Waals surface area (Å²) in [4.78, 5) is 0. The summed E-state index contributed by atoms with van der Waals surface area (Å²) in [6.45, 7) is 11.1. The fourth-order valence-corrected chi connectivity index (χ4v) is 3.80. The average molecular weight is 417 g/mol. The summed E-state index contributed by atoms with van der Waals surface area (Å²) in [5.74, 6) is -0.676. The van der Waals surface area contributed by atoms with E-state index >= 15 is 0 Å². The lowest BCUT2D eigenvalue weighted by Crippen LogP contribution is -2.29. The molecule has 0 aromatic rings. The van der Waals surface area contributed by atoms with Crippen molar-refractivity contribution in [2.45, 2.75) is 92.3 Å². The van der Waals surface area contributed by atoms with Gasteiger partial charge in [0.25, 0.3) is 0 Å². The molecule has 1 aliphatic heterocycles. The predicted molar refractivity (Wildman–Crippen MR) is 115 cm³/mol. The Kier molecular flexibility index (Phi) is 12.7. The number of ether oxygens (including phenoxy) is 3. The van der Waals surface area contributed by atoms with Crippen LogP contribution in [0.15, 0.2) is 23.0 Å². The quantitative estimate of drug-likeness (QED) is 0.230. The van der Waals surface area contributed by atoms with E-state index < -0.39 is 11.7 Å². The van der Waals surface area contributed by atoms with Crippen LogP contribution in [-0.4, -0.2) is 26.6 Å². The maximum atomic E-state index is 14.5. The summed E-state index contributed by atoms with van der Waals surface area (Å²) >= 11 is 0. The molecule has 0 spiro atoms. The van der Waals surface area contributed by atoms with Gasteiger partial charge in [-0.3, -0.25) is 0 Å². The molecule has 0 saturated carbocycles. The Morgan fingerprint density at radius 3 is 2.38 bits per heavy atom. The molecular weight excluding hydrogens is 374 g/mol. The van der Waals surface area contributed by atoms with Crippen LogP contribution in [0.2, 0.25) is 0 Å². The van der Waals surface area contributed by atoms with Crippen molar-refractivity contribution < 1.29 is 23.0 Å². The maximum absolute atomic E-state index is 14.5. The molecule has 0 amide bonds. The Labute approximate surface area is 176 Å². The normalized spacial score (nSPS) is 23.9. The van der Waals surface area contributed by atoms with E-state index in [-0.39, 0.29) is 18.0 Å². The first-order valence-corrected chi connectivity index (χ1v) is 11.4. The van der Waals surface area contributed by atoms with Gasteiger partial charge in [-0.2, -0.15) is 0 Å². The highest BCUT2D eigenvalue weighted by Crippen LogP contribution is 2.31. The third-order valence-corrected chi connectivity index (χ3v) is 6.02. The van der Waals surface area contributed by atoms with Gasteiger partial charge >= 0.3 is 0 Å². The first-order chi connectivity index (χ1) is 13.8. The van der Waals surface area contributed by atoms with Gasteiger partial charge < -0.3 is 14.2 Å². The Bertz CT molecular complexity index is 522. The Morgan fingerprint density at radius 1 is 1.10 bits per heavy atom. The molecule has 1 aliphatic rings. The zero-order valence-corrected chi connectivity index (χ0v) is 19.4. The number of rotatable bonds is 13. The summed E-state index contributed by atoms with van der Waals surface area (Å²) in [5, 5.41) is 0. The molecule has 0 aromatic carbocycles. The smallest absolute Gasteiger partial charge is 0.195 e. The fraction of sp³-hybridized carbons (Fsp3) is 0.833. The molecule has 0 aromatic heterocycles. The van der Waals surface area contributed by atoms with Crippen LogP contribution in [0.4, 0.5) is 8.78 Å². The molecule has 3 nitrogen and oxygen atoms in total. The van der Waals surface area contributed by atoms with Gasteiger partial charge in [0.15, 0.2) is 17.9 Å². The largest absolute Gasteiger partial charge is 0.498 e. The van der Waals surface area contributed by atoms with E-state index in [1.165, 1.54) is 39.7 Å². The molecule has 1 rings (SSSR count). The molecule has 1 fully saturated rings. The number of hydrogen-bond donors (Lipinski definition) is 0.